The molecule has 0 amide bonds. The molecule has 90 valence electrons. The summed E-state index contributed by atoms with van der Waals surface area (Å²) in [5, 5.41) is 0. The predicted molar refractivity (Wildman–Crippen MR) is 65.6 cm³/mol. The quantitative estimate of drug-likeness (QED) is 0.860. The monoisotopic (exact) mass is 233 g/mol. The van der Waals surface area contributed by atoms with Crippen molar-refractivity contribution in [2.45, 2.75) is 26.3 Å². The Morgan fingerprint density at radius 1 is 1.12 bits per heavy atom. The molecule has 0 atom stereocenters. The highest BCUT2D eigenvalue weighted by Crippen LogP contribution is 2.03. The summed E-state index contributed by atoms with van der Waals surface area (Å²) in [6.07, 6.45) is 1.84. The molecule has 0 saturated carbocycles. The third kappa shape index (κ3) is 2.22. The fraction of sp³-hybridized carbons (Fsp3) is 0.333. The molecule has 0 bridgehead atoms. The zero-order valence-corrected chi connectivity index (χ0v) is 9.72. The van der Waals surface area contributed by atoms with Gasteiger partial charge in [0.1, 0.15) is 0 Å². The number of hydrogen-bond acceptors (Lipinski definition) is 2. The molecule has 17 heavy (non-hydrogen) atoms. The molecule has 0 aliphatic rings. The van der Waals surface area contributed by atoms with Crippen LogP contribution in [0.4, 0.5) is 0 Å². The fourth-order valence-corrected chi connectivity index (χ4v) is 1.74. The predicted octanol–water partition coefficient (Wildman–Crippen LogP) is 1.13. The van der Waals surface area contributed by atoms with Gasteiger partial charge in [-0.05, 0) is 18.6 Å². The van der Waals surface area contributed by atoms with Crippen molar-refractivity contribution in [1.29, 1.82) is 0 Å². The molecule has 5 heteroatoms. The van der Waals surface area contributed by atoms with Gasteiger partial charge < -0.3 is 0 Å². The maximum absolute atomic E-state index is 11.7. The molecule has 2 aromatic rings. The Hall–Kier alpha value is -2.04. The van der Waals surface area contributed by atoms with Crippen LogP contribution in [0.1, 0.15) is 19.8 Å². The van der Waals surface area contributed by atoms with E-state index in [4.69, 9.17) is 0 Å². The van der Waals surface area contributed by atoms with Crippen molar-refractivity contribution in [2.75, 3.05) is 0 Å². The van der Waals surface area contributed by atoms with Gasteiger partial charge in [-0.3, -0.25) is 4.98 Å². The summed E-state index contributed by atoms with van der Waals surface area (Å²) in [4.78, 5) is 25.6. The number of aromatic nitrogens is 3. The Morgan fingerprint density at radius 3 is 2.47 bits per heavy atom. The lowest BCUT2D eigenvalue weighted by atomic mass is 10.3. The summed E-state index contributed by atoms with van der Waals surface area (Å²) in [7, 11) is 0. The molecule has 1 heterocycles. The molecular formula is C12H15N3O2. The number of nitrogens with one attached hydrogen (secondary N) is 1. The standard InChI is InChI=1S/C12H15N3O2/c1-2-3-9-14-11(16)13-12(17)15(14)10-7-5-4-6-8-10/h4-8H,2-3,9H2,1H3,(H,13,16,17). The van der Waals surface area contributed by atoms with Crippen LogP contribution in [-0.4, -0.2) is 14.3 Å². The molecule has 0 aliphatic carbocycles. The van der Waals surface area contributed by atoms with Crippen LogP contribution in [0.25, 0.3) is 5.69 Å². The number of H-pyrrole nitrogens is 1. The van der Waals surface area contributed by atoms with Crippen molar-refractivity contribution < 1.29 is 0 Å². The van der Waals surface area contributed by atoms with Crippen molar-refractivity contribution in [3.05, 3.63) is 51.3 Å². The lowest BCUT2D eigenvalue weighted by molar-refractivity contribution is 0.502. The van der Waals surface area contributed by atoms with Gasteiger partial charge in [-0.25, -0.2) is 14.3 Å². The van der Waals surface area contributed by atoms with Crippen LogP contribution in [0.15, 0.2) is 39.9 Å². The van der Waals surface area contributed by atoms with Crippen molar-refractivity contribution in [2.24, 2.45) is 0 Å². The number of rotatable bonds is 4. The van der Waals surface area contributed by atoms with E-state index < -0.39 is 5.69 Å². The van der Waals surface area contributed by atoms with E-state index in [1.165, 1.54) is 9.36 Å². The van der Waals surface area contributed by atoms with E-state index in [2.05, 4.69) is 4.98 Å². The van der Waals surface area contributed by atoms with Gasteiger partial charge in [0.2, 0.25) is 0 Å². The minimum absolute atomic E-state index is 0.354. The van der Waals surface area contributed by atoms with Crippen molar-refractivity contribution in [3.63, 3.8) is 0 Å². The molecule has 0 spiro atoms. The van der Waals surface area contributed by atoms with E-state index in [0.29, 0.717) is 12.2 Å². The Kier molecular flexibility index (Phi) is 3.27. The normalized spacial score (nSPS) is 10.6. The Labute approximate surface area is 98.3 Å². The molecule has 0 aliphatic heterocycles. The number of aromatic amines is 1. The summed E-state index contributed by atoms with van der Waals surface area (Å²) in [6.45, 7) is 2.59. The van der Waals surface area contributed by atoms with E-state index in [-0.39, 0.29) is 5.69 Å². The van der Waals surface area contributed by atoms with Crippen molar-refractivity contribution in [3.8, 4) is 5.69 Å². The van der Waals surface area contributed by atoms with Gasteiger partial charge in [-0.1, -0.05) is 31.5 Å². The third-order valence-corrected chi connectivity index (χ3v) is 2.61. The molecule has 1 aromatic carbocycles. The lowest BCUT2D eigenvalue weighted by Gasteiger charge is -2.08. The van der Waals surface area contributed by atoms with E-state index in [1.807, 2.05) is 25.1 Å². The Balaban J connectivity index is 2.53. The zero-order chi connectivity index (χ0) is 12.3. The average Bonchev–Trinajstić information content (AvgIpc) is 2.62. The molecule has 0 saturated heterocycles. The average molecular weight is 233 g/mol. The SMILES string of the molecule is CCCCn1c(=O)[nH]c(=O)n1-c1ccccc1. The Bertz CT molecular complexity index is 592. The first-order valence-corrected chi connectivity index (χ1v) is 5.71. The summed E-state index contributed by atoms with van der Waals surface area (Å²) in [5.41, 5.74) is -0.0449. The first-order chi connectivity index (χ1) is 8.24. The number of unbranched alkanes of at least 4 members (excludes halogenated alkanes) is 1. The first-order valence-electron chi connectivity index (χ1n) is 5.71. The highest BCUT2D eigenvalue weighted by atomic mass is 16.2. The largest absolute Gasteiger partial charge is 0.349 e. The summed E-state index contributed by atoms with van der Waals surface area (Å²) in [6, 6.07) is 9.15. The van der Waals surface area contributed by atoms with Gasteiger partial charge >= 0.3 is 11.4 Å². The molecule has 1 N–H and O–H groups in total. The second-order valence-electron chi connectivity index (χ2n) is 3.86. The summed E-state index contributed by atoms with van der Waals surface area (Å²) in [5.74, 6) is 0. The van der Waals surface area contributed by atoms with Gasteiger partial charge in [-0.15, -0.1) is 0 Å². The molecule has 1 aromatic heterocycles. The van der Waals surface area contributed by atoms with Gasteiger partial charge in [-0.2, -0.15) is 4.68 Å². The van der Waals surface area contributed by atoms with Crippen LogP contribution in [-0.2, 0) is 6.54 Å². The van der Waals surface area contributed by atoms with Crippen LogP contribution < -0.4 is 11.4 Å². The van der Waals surface area contributed by atoms with Crippen LogP contribution in [0.2, 0.25) is 0 Å². The van der Waals surface area contributed by atoms with Crippen LogP contribution in [0.3, 0.4) is 0 Å². The minimum atomic E-state index is -0.391. The number of hydrogen-bond donors (Lipinski definition) is 1. The number of nitrogens with zero attached hydrogens (tertiary/aromatic N) is 2. The second-order valence-corrected chi connectivity index (χ2v) is 3.86. The third-order valence-electron chi connectivity index (χ3n) is 2.61. The van der Waals surface area contributed by atoms with Crippen LogP contribution in [0, 0.1) is 0 Å². The lowest BCUT2D eigenvalue weighted by Crippen LogP contribution is -2.25. The van der Waals surface area contributed by atoms with E-state index in [1.54, 1.807) is 12.1 Å². The molecule has 0 radical (unpaired) electrons. The Morgan fingerprint density at radius 2 is 1.82 bits per heavy atom. The molecule has 5 nitrogen and oxygen atoms in total. The molecule has 2 rings (SSSR count). The van der Waals surface area contributed by atoms with Crippen LogP contribution >= 0.6 is 0 Å². The number of benzene rings is 1. The molecule has 0 fully saturated rings. The van der Waals surface area contributed by atoms with Gasteiger partial charge in [0, 0.05) is 6.54 Å². The first kappa shape index (κ1) is 11.4. The molecule has 0 unspecified atom stereocenters. The summed E-state index contributed by atoms with van der Waals surface area (Å²) >= 11 is 0. The second kappa shape index (κ2) is 4.86. The maximum Gasteiger partial charge on any atom is 0.349 e. The van der Waals surface area contributed by atoms with E-state index >= 15 is 0 Å². The maximum atomic E-state index is 11.7. The van der Waals surface area contributed by atoms with Gasteiger partial charge in [0.25, 0.3) is 0 Å². The van der Waals surface area contributed by atoms with Crippen molar-refractivity contribution in [1.82, 2.24) is 14.3 Å². The van der Waals surface area contributed by atoms with Crippen molar-refractivity contribution >= 4 is 0 Å². The highest BCUT2D eigenvalue weighted by molar-refractivity contribution is 5.29. The smallest absolute Gasteiger partial charge is 0.256 e. The summed E-state index contributed by atoms with van der Waals surface area (Å²) < 4.78 is 2.83. The minimum Gasteiger partial charge on any atom is -0.256 e. The van der Waals surface area contributed by atoms with E-state index in [9.17, 15) is 9.59 Å². The molecular weight excluding hydrogens is 218 g/mol. The van der Waals surface area contributed by atoms with Gasteiger partial charge in [0.05, 0.1) is 5.69 Å². The van der Waals surface area contributed by atoms with E-state index in [0.717, 1.165) is 12.8 Å². The van der Waals surface area contributed by atoms with Gasteiger partial charge in [0.15, 0.2) is 0 Å². The zero-order valence-electron chi connectivity index (χ0n) is 9.72. The topological polar surface area (TPSA) is 59.8 Å². The fourth-order valence-electron chi connectivity index (χ4n) is 1.74. The van der Waals surface area contributed by atoms with Crippen LogP contribution in [0.5, 0.6) is 0 Å². The number of para-hydroxylation sites is 1. The highest BCUT2D eigenvalue weighted by Gasteiger charge is 2.09.